The van der Waals surface area contributed by atoms with Gasteiger partial charge in [0.15, 0.2) is 0 Å². The van der Waals surface area contributed by atoms with Gasteiger partial charge in [0.05, 0.1) is 11.6 Å². The van der Waals surface area contributed by atoms with Crippen molar-refractivity contribution in [1.29, 1.82) is 0 Å². The molecule has 4 aromatic carbocycles. The molecule has 4 aromatic heterocycles. The van der Waals surface area contributed by atoms with Crippen molar-refractivity contribution in [2.75, 3.05) is 0 Å². The minimum absolute atomic E-state index is 0. The number of benzene rings is 4. The molecule has 0 N–H and O–H groups in total. The zero-order valence-electron chi connectivity index (χ0n) is 24.0. The maximum atomic E-state index is 6.22. The van der Waals surface area contributed by atoms with Crippen LogP contribution in [-0.4, -0.2) is 34.5 Å². The molecule has 230 valence electrons. The van der Waals surface area contributed by atoms with Crippen LogP contribution in [0.4, 0.5) is 0 Å². The molecule has 0 amide bonds. The van der Waals surface area contributed by atoms with Gasteiger partial charge in [0.25, 0.3) is 0 Å². The predicted octanol–water partition coefficient (Wildman–Crippen LogP) is 7.27. The summed E-state index contributed by atoms with van der Waals surface area (Å²) >= 11 is 0. The minimum atomic E-state index is 0. The molecule has 0 saturated heterocycles. The minimum Gasteiger partial charge on any atom is -0.503 e. The van der Waals surface area contributed by atoms with Crippen molar-refractivity contribution in [2.24, 2.45) is 0 Å². The van der Waals surface area contributed by atoms with Crippen LogP contribution < -0.4 is 9.47 Å². The topological polar surface area (TPSA) is 101 Å². The van der Waals surface area contributed by atoms with Gasteiger partial charge in [0.1, 0.15) is 0 Å². The van der Waals surface area contributed by atoms with E-state index in [-0.39, 0.29) is 42.1 Å². The molecule has 0 spiro atoms. The van der Waals surface area contributed by atoms with Gasteiger partial charge in [-0.3, -0.25) is 19.9 Å². The fourth-order valence-corrected chi connectivity index (χ4v) is 4.94. The summed E-state index contributed by atoms with van der Waals surface area (Å²) in [6.07, 6.45) is 10.2. The van der Waals surface area contributed by atoms with Crippen molar-refractivity contribution in [2.45, 2.75) is 0 Å². The molecule has 0 aliphatic carbocycles. The van der Waals surface area contributed by atoms with Gasteiger partial charge in [-0.15, -0.1) is 71.8 Å². The molecular weight excluding hydrogens is 953 g/mol. The van der Waals surface area contributed by atoms with Crippen molar-refractivity contribution in [1.82, 2.24) is 34.5 Å². The summed E-state index contributed by atoms with van der Waals surface area (Å²) in [5.74, 6) is 3.60. The van der Waals surface area contributed by atoms with E-state index in [2.05, 4.69) is 54.2 Å². The Morgan fingerprint density at radius 1 is 0.426 bits per heavy atom. The molecule has 4 heterocycles. The number of ether oxygens (including phenoxy) is 2. The Balaban J connectivity index is 0.00000193. The SMILES string of the molecule is [Pt+2].[Pt+2].[c-]1c(Oc2[c-]c3c(cc2)c2ccc(Oc4[c-]c(-c5ncccn5)ccc4)[c-]c2n3-c2ncccn2)cccc1-c1ncccn1. The van der Waals surface area contributed by atoms with Crippen molar-refractivity contribution < 1.29 is 51.6 Å². The van der Waals surface area contributed by atoms with Crippen LogP contribution in [0, 0.1) is 24.3 Å². The molecule has 0 aliphatic heterocycles. The van der Waals surface area contributed by atoms with Gasteiger partial charge in [-0.25, -0.2) is 9.97 Å². The van der Waals surface area contributed by atoms with Gasteiger partial charge in [-0.05, 0) is 18.2 Å². The van der Waals surface area contributed by atoms with Gasteiger partial charge in [-0.2, -0.15) is 22.9 Å². The van der Waals surface area contributed by atoms with E-state index < -0.39 is 0 Å². The van der Waals surface area contributed by atoms with Gasteiger partial charge >= 0.3 is 42.1 Å². The second-order valence-corrected chi connectivity index (χ2v) is 9.76. The summed E-state index contributed by atoms with van der Waals surface area (Å²) in [7, 11) is 0. The Bertz CT molecular complexity index is 2150. The van der Waals surface area contributed by atoms with Gasteiger partial charge in [-0.1, -0.05) is 23.2 Å². The predicted molar refractivity (Wildman–Crippen MR) is 167 cm³/mol. The molecule has 0 atom stereocenters. The third kappa shape index (κ3) is 6.59. The Hall–Kier alpha value is -5.10. The summed E-state index contributed by atoms with van der Waals surface area (Å²) < 4.78 is 14.3. The summed E-state index contributed by atoms with van der Waals surface area (Å²) in [6.45, 7) is 0. The van der Waals surface area contributed by atoms with Crippen LogP contribution in [0.1, 0.15) is 0 Å². The summed E-state index contributed by atoms with van der Waals surface area (Å²) in [6, 6.07) is 37.5. The number of rotatable bonds is 7. The van der Waals surface area contributed by atoms with Crippen molar-refractivity contribution in [3.8, 4) is 51.7 Å². The first kappa shape index (κ1) is 31.9. The van der Waals surface area contributed by atoms with Crippen LogP contribution in [0.3, 0.4) is 0 Å². The molecule has 0 radical (unpaired) electrons. The molecule has 11 heteroatoms. The number of nitrogens with zero attached hydrogens (tertiary/aromatic N) is 7. The van der Waals surface area contributed by atoms with E-state index in [1.165, 1.54) is 0 Å². The van der Waals surface area contributed by atoms with Crippen LogP contribution in [0.5, 0.6) is 23.0 Å². The van der Waals surface area contributed by atoms with Crippen LogP contribution in [0.2, 0.25) is 0 Å². The fourth-order valence-electron chi connectivity index (χ4n) is 4.94. The quantitative estimate of drug-likeness (QED) is 0.154. The normalized spacial score (nSPS) is 10.6. The molecule has 0 saturated carbocycles. The van der Waals surface area contributed by atoms with Gasteiger partial charge in [0.2, 0.25) is 5.95 Å². The molecule has 47 heavy (non-hydrogen) atoms. The zero-order chi connectivity index (χ0) is 30.0. The third-order valence-corrected chi connectivity index (χ3v) is 6.88. The molecule has 0 bridgehead atoms. The molecule has 0 fully saturated rings. The average molecular weight is 972 g/mol. The van der Waals surface area contributed by atoms with Gasteiger partial charge < -0.3 is 14.0 Å². The Morgan fingerprint density at radius 2 is 0.830 bits per heavy atom. The Morgan fingerprint density at radius 3 is 1.28 bits per heavy atom. The molecule has 8 aromatic rings. The van der Waals surface area contributed by atoms with E-state index >= 15 is 0 Å². The van der Waals surface area contributed by atoms with Gasteiger partial charge in [0, 0.05) is 60.2 Å². The summed E-state index contributed by atoms with van der Waals surface area (Å²) in [4.78, 5) is 26.3. The molecular formula is C36H19N7O2Pt2. The molecule has 0 aliphatic rings. The average Bonchev–Trinajstić information content (AvgIpc) is 3.42. The number of hydrogen-bond donors (Lipinski definition) is 0. The van der Waals surface area contributed by atoms with E-state index in [1.807, 2.05) is 65.2 Å². The first-order chi connectivity index (χ1) is 22.3. The molecule has 9 nitrogen and oxygen atoms in total. The van der Waals surface area contributed by atoms with E-state index in [0.717, 1.165) is 32.9 Å². The van der Waals surface area contributed by atoms with Crippen LogP contribution >= 0.6 is 0 Å². The van der Waals surface area contributed by atoms with Crippen LogP contribution in [-0.2, 0) is 42.1 Å². The maximum Gasteiger partial charge on any atom is 2.00 e. The monoisotopic (exact) mass is 971 g/mol. The standard InChI is InChI=1S/C36H19N7O2.2Pt/c1-6-24(34-37-14-3-15-38-34)20-26(8-1)44-28-10-12-30-31-13-11-29(23-33(31)43(32(30)22-28)36-41-18-5-19-42-36)45-27-9-2-7-25(21-27)35-39-16-4-17-40-35;;/h1-19H;;/q-4;2*+2. The van der Waals surface area contributed by atoms with Crippen molar-refractivity contribution in [3.05, 3.63) is 140 Å². The van der Waals surface area contributed by atoms with Crippen LogP contribution in [0.25, 0.3) is 50.5 Å². The maximum absolute atomic E-state index is 6.22. The second-order valence-electron chi connectivity index (χ2n) is 9.76. The number of aromatic nitrogens is 7. The smallest absolute Gasteiger partial charge is 0.503 e. The van der Waals surface area contributed by atoms with Crippen molar-refractivity contribution in [3.63, 3.8) is 0 Å². The first-order valence-corrected chi connectivity index (χ1v) is 13.9. The molecule has 8 rings (SSSR count). The summed E-state index contributed by atoms with van der Waals surface area (Å²) in [5.41, 5.74) is 2.89. The third-order valence-electron chi connectivity index (χ3n) is 6.88. The van der Waals surface area contributed by atoms with E-state index in [1.54, 1.807) is 55.4 Å². The van der Waals surface area contributed by atoms with E-state index in [4.69, 9.17) is 9.47 Å². The van der Waals surface area contributed by atoms with Crippen molar-refractivity contribution >= 4 is 21.8 Å². The fraction of sp³-hybridized carbons (Fsp3) is 0. The van der Waals surface area contributed by atoms with Crippen LogP contribution in [0.15, 0.2) is 116 Å². The molecule has 0 unspecified atom stereocenters. The number of hydrogen-bond acceptors (Lipinski definition) is 8. The number of fused-ring (bicyclic) bond motifs is 3. The Labute approximate surface area is 298 Å². The van der Waals surface area contributed by atoms with E-state index in [0.29, 0.717) is 40.6 Å². The Kier molecular flexibility index (Phi) is 9.57. The second kappa shape index (κ2) is 14.1. The van der Waals surface area contributed by atoms with E-state index in [9.17, 15) is 0 Å². The summed E-state index contributed by atoms with van der Waals surface area (Å²) in [5, 5.41) is 1.86. The first-order valence-electron chi connectivity index (χ1n) is 13.9. The largest absolute Gasteiger partial charge is 2.00 e. The zero-order valence-corrected chi connectivity index (χ0v) is 28.6.